The van der Waals surface area contributed by atoms with Crippen molar-refractivity contribution < 1.29 is 18.3 Å². The molecule has 0 heterocycles. The normalized spacial score (nSPS) is 10.4. The van der Waals surface area contributed by atoms with Crippen molar-refractivity contribution in [1.82, 2.24) is 0 Å². The van der Waals surface area contributed by atoms with Gasteiger partial charge in [-0.1, -0.05) is 7.43 Å². The second kappa shape index (κ2) is 5.62. The molecule has 6 heteroatoms. The van der Waals surface area contributed by atoms with Crippen LogP contribution in [0.1, 0.15) is 14.4 Å². The van der Waals surface area contributed by atoms with Crippen LogP contribution in [0.3, 0.4) is 0 Å². The molecular formula is C10H15NO4S. The Kier molecular flexibility index (Phi) is 5.13. The number of hydrogen-bond acceptors (Lipinski definition) is 4. The minimum Gasteiger partial charge on any atom is -0.380 e. The van der Waals surface area contributed by atoms with Crippen molar-refractivity contribution in [3.63, 3.8) is 0 Å². The molecule has 1 rings (SSSR count). The van der Waals surface area contributed by atoms with Crippen LogP contribution in [0.5, 0.6) is 0 Å². The van der Waals surface area contributed by atoms with E-state index in [-0.39, 0.29) is 18.2 Å². The van der Waals surface area contributed by atoms with E-state index in [1.165, 1.54) is 31.2 Å². The number of carbonyl (C=O) groups excluding carboxylic acids is 1. The van der Waals surface area contributed by atoms with Crippen LogP contribution in [0.15, 0.2) is 29.2 Å². The highest BCUT2D eigenvalue weighted by atomic mass is 32.2. The Morgan fingerprint density at radius 2 is 1.81 bits per heavy atom. The predicted molar refractivity (Wildman–Crippen MR) is 61.7 cm³/mol. The molecule has 0 bridgehead atoms. The lowest BCUT2D eigenvalue weighted by atomic mass is 10.3. The first-order chi connectivity index (χ1) is 6.95. The molecule has 0 unspecified atom stereocenters. The van der Waals surface area contributed by atoms with E-state index in [0.717, 1.165) is 0 Å². The Balaban J connectivity index is 0.00000225. The van der Waals surface area contributed by atoms with Gasteiger partial charge in [-0.05, 0) is 24.3 Å². The Labute approximate surface area is 95.0 Å². The number of amides is 1. The molecule has 1 aromatic rings. The van der Waals surface area contributed by atoms with Gasteiger partial charge in [-0.25, -0.2) is 8.42 Å². The first kappa shape index (κ1) is 14.6. The summed E-state index contributed by atoms with van der Waals surface area (Å²) in [7, 11) is -3.60. The lowest BCUT2D eigenvalue weighted by Crippen LogP contribution is -2.08. The predicted octanol–water partition coefficient (Wildman–Crippen LogP) is 1.00. The molecule has 16 heavy (non-hydrogen) atoms. The van der Waals surface area contributed by atoms with Crippen LogP contribution >= 0.6 is 0 Å². The maximum absolute atomic E-state index is 11.2. The topological polar surface area (TPSA) is 83.5 Å². The van der Waals surface area contributed by atoms with E-state index in [1.54, 1.807) is 0 Å². The molecule has 0 aromatic heterocycles. The van der Waals surface area contributed by atoms with Crippen LogP contribution in [-0.2, 0) is 14.6 Å². The van der Waals surface area contributed by atoms with Crippen LogP contribution in [0.4, 0.5) is 5.69 Å². The summed E-state index contributed by atoms with van der Waals surface area (Å²) in [6, 6.07) is 5.58. The van der Waals surface area contributed by atoms with Crippen LogP contribution < -0.4 is 5.32 Å². The first-order valence-corrected chi connectivity index (χ1v) is 5.82. The van der Waals surface area contributed by atoms with Crippen molar-refractivity contribution in [2.24, 2.45) is 0 Å². The van der Waals surface area contributed by atoms with Crippen LogP contribution in [0, 0.1) is 0 Å². The number of rotatable bonds is 3. The Bertz CT molecular complexity index is 450. The third-order valence-corrected chi connectivity index (χ3v) is 3.03. The zero-order chi connectivity index (χ0) is 11.5. The Hall–Kier alpha value is -1.40. The highest BCUT2D eigenvalue weighted by molar-refractivity contribution is 7.91. The number of hydrogen-bond donors (Lipinski definition) is 2. The molecule has 0 atom stereocenters. The van der Waals surface area contributed by atoms with E-state index in [4.69, 9.17) is 5.11 Å². The van der Waals surface area contributed by atoms with Gasteiger partial charge in [0, 0.05) is 12.6 Å². The standard InChI is InChI=1S/C9H11NO4S.CH4/c1-7(12)10-8-2-4-9(5-3-8)15(13,14)6-11;/h2-5,11H,6H2,1H3,(H,10,12);1H4. The van der Waals surface area contributed by atoms with Gasteiger partial charge in [0.15, 0.2) is 0 Å². The van der Waals surface area contributed by atoms with Crippen LogP contribution in [-0.4, -0.2) is 25.4 Å². The molecule has 2 N–H and O–H groups in total. The van der Waals surface area contributed by atoms with Gasteiger partial charge in [0.2, 0.25) is 15.7 Å². The van der Waals surface area contributed by atoms with E-state index < -0.39 is 15.8 Å². The molecule has 0 radical (unpaired) electrons. The monoisotopic (exact) mass is 245 g/mol. The van der Waals surface area contributed by atoms with Crippen LogP contribution in [0.25, 0.3) is 0 Å². The fourth-order valence-corrected chi connectivity index (χ4v) is 1.72. The summed E-state index contributed by atoms with van der Waals surface area (Å²) >= 11 is 0. The van der Waals surface area contributed by atoms with Gasteiger partial charge in [-0.3, -0.25) is 4.79 Å². The summed E-state index contributed by atoms with van der Waals surface area (Å²) in [5.41, 5.74) is 0.513. The summed E-state index contributed by atoms with van der Waals surface area (Å²) in [6.45, 7) is 1.36. The van der Waals surface area contributed by atoms with Crippen molar-refractivity contribution in [2.75, 3.05) is 11.3 Å². The van der Waals surface area contributed by atoms with Gasteiger partial charge >= 0.3 is 0 Å². The molecule has 0 aliphatic carbocycles. The smallest absolute Gasteiger partial charge is 0.221 e. The molecule has 5 nitrogen and oxygen atoms in total. The average Bonchev–Trinajstić information content (AvgIpc) is 2.18. The van der Waals surface area contributed by atoms with Gasteiger partial charge < -0.3 is 10.4 Å². The number of benzene rings is 1. The average molecular weight is 245 g/mol. The highest BCUT2D eigenvalue weighted by Crippen LogP contribution is 2.14. The molecule has 0 aliphatic rings. The number of sulfone groups is 1. The summed E-state index contributed by atoms with van der Waals surface area (Å²) in [5, 5.41) is 11.1. The molecule has 1 aromatic carbocycles. The highest BCUT2D eigenvalue weighted by Gasteiger charge is 2.11. The number of nitrogens with one attached hydrogen (secondary N) is 1. The Morgan fingerprint density at radius 3 is 2.19 bits per heavy atom. The largest absolute Gasteiger partial charge is 0.380 e. The quantitative estimate of drug-likeness (QED) is 0.832. The number of anilines is 1. The van der Waals surface area contributed by atoms with Gasteiger partial charge in [-0.15, -0.1) is 0 Å². The summed E-state index contributed by atoms with van der Waals surface area (Å²) in [4.78, 5) is 10.7. The molecule has 1 amide bonds. The second-order valence-corrected chi connectivity index (χ2v) is 4.91. The number of carbonyl (C=O) groups is 1. The molecule has 0 spiro atoms. The van der Waals surface area contributed by atoms with Crippen molar-refractivity contribution in [3.05, 3.63) is 24.3 Å². The fourth-order valence-electron chi connectivity index (χ4n) is 1.02. The van der Waals surface area contributed by atoms with E-state index in [2.05, 4.69) is 5.32 Å². The van der Waals surface area contributed by atoms with Gasteiger partial charge in [0.1, 0.15) is 5.94 Å². The molecule has 0 saturated carbocycles. The van der Waals surface area contributed by atoms with E-state index in [0.29, 0.717) is 5.69 Å². The molecule has 0 fully saturated rings. The molecule has 0 aliphatic heterocycles. The summed E-state index contributed by atoms with van der Waals surface area (Å²) < 4.78 is 22.4. The van der Waals surface area contributed by atoms with Gasteiger partial charge in [0.05, 0.1) is 4.90 Å². The van der Waals surface area contributed by atoms with Crippen LogP contribution in [0.2, 0.25) is 0 Å². The molecule has 90 valence electrons. The maximum atomic E-state index is 11.2. The summed E-state index contributed by atoms with van der Waals surface area (Å²) in [6.07, 6.45) is 0. The lowest BCUT2D eigenvalue weighted by molar-refractivity contribution is -0.114. The van der Waals surface area contributed by atoms with Crippen molar-refractivity contribution in [3.8, 4) is 0 Å². The molecule has 0 saturated heterocycles. The lowest BCUT2D eigenvalue weighted by Gasteiger charge is -2.03. The van der Waals surface area contributed by atoms with Gasteiger partial charge in [-0.2, -0.15) is 0 Å². The minimum atomic E-state index is -3.60. The number of aliphatic hydroxyl groups excluding tert-OH is 1. The third-order valence-electron chi connectivity index (χ3n) is 1.70. The van der Waals surface area contributed by atoms with Crippen molar-refractivity contribution >= 4 is 21.4 Å². The zero-order valence-corrected chi connectivity index (χ0v) is 8.91. The third kappa shape index (κ3) is 3.63. The van der Waals surface area contributed by atoms with Crippen molar-refractivity contribution in [2.45, 2.75) is 19.2 Å². The SMILES string of the molecule is C.CC(=O)Nc1ccc(S(=O)(=O)CO)cc1. The van der Waals surface area contributed by atoms with E-state index in [1.807, 2.05) is 0 Å². The maximum Gasteiger partial charge on any atom is 0.221 e. The zero-order valence-electron chi connectivity index (χ0n) is 8.10. The Morgan fingerprint density at radius 1 is 1.31 bits per heavy atom. The minimum absolute atomic E-state index is 0. The fraction of sp³-hybridized carbons (Fsp3) is 0.300. The van der Waals surface area contributed by atoms with Gasteiger partial charge in [0.25, 0.3) is 0 Å². The summed E-state index contributed by atoms with van der Waals surface area (Å²) in [5.74, 6) is -1.15. The first-order valence-electron chi connectivity index (χ1n) is 4.17. The molecular weight excluding hydrogens is 230 g/mol. The van der Waals surface area contributed by atoms with Crippen molar-refractivity contribution in [1.29, 1.82) is 0 Å². The van der Waals surface area contributed by atoms with E-state index >= 15 is 0 Å². The van der Waals surface area contributed by atoms with E-state index in [9.17, 15) is 13.2 Å². The second-order valence-electron chi connectivity index (χ2n) is 2.95. The number of aliphatic hydroxyl groups is 1.